The minimum atomic E-state index is -4.62. The van der Waals surface area contributed by atoms with Crippen LogP contribution in [0.5, 0.6) is 5.75 Å². The van der Waals surface area contributed by atoms with Gasteiger partial charge in [0.25, 0.3) is 5.82 Å². The first-order chi connectivity index (χ1) is 11.1. The highest BCUT2D eigenvalue weighted by Crippen LogP contribution is 2.29. The molecule has 2 rings (SSSR count). The summed E-state index contributed by atoms with van der Waals surface area (Å²) >= 11 is 1.05. The Morgan fingerprint density at radius 1 is 1.12 bits per heavy atom. The van der Waals surface area contributed by atoms with Crippen LogP contribution < -0.4 is 10.6 Å². The molecule has 0 spiro atoms. The van der Waals surface area contributed by atoms with E-state index in [0.29, 0.717) is 22.8 Å². The lowest BCUT2D eigenvalue weighted by atomic mass is 9.87. The van der Waals surface area contributed by atoms with Crippen molar-refractivity contribution >= 4 is 11.8 Å². The highest BCUT2D eigenvalue weighted by Gasteiger charge is 2.38. The second-order valence-corrected chi connectivity index (χ2v) is 7.21. The molecule has 0 saturated heterocycles. The lowest BCUT2D eigenvalue weighted by Gasteiger charge is -2.19. The summed E-state index contributed by atoms with van der Waals surface area (Å²) in [5.74, 6) is 5.23. The molecule has 1 aromatic carbocycles. The van der Waals surface area contributed by atoms with Gasteiger partial charge in [-0.25, -0.2) is 4.68 Å². The van der Waals surface area contributed by atoms with Crippen LogP contribution in [0.15, 0.2) is 29.4 Å². The van der Waals surface area contributed by atoms with E-state index in [0.717, 1.165) is 11.8 Å². The van der Waals surface area contributed by atoms with Crippen LogP contribution in [-0.4, -0.2) is 27.2 Å². The Bertz CT molecular complexity index is 678. The number of hydrogen-bond acceptors (Lipinski definition) is 5. The summed E-state index contributed by atoms with van der Waals surface area (Å²) in [5, 5.41) is 6.49. The average molecular weight is 360 g/mol. The molecule has 24 heavy (non-hydrogen) atoms. The number of ether oxygens (including phenoxy) is 1. The molecule has 1 aromatic heterocycles. The molecule has 0 amide bonds. The SMILES string of the molecule is CC(C)(C)c1ccc(OCCSc2nnc(C(F)(F)F)n2N)cc1. The number of nitrogen functional groups attached to an aromatic ring is 1. The number of halogens is 3. The van der Waals surface area contributed by atoms with E-state index in [1.807, 2.05) is 24.3 Å². The van der Waals surface area contributed by atoms with Crippen molar-refractivity contribution in [3.8, 4) is 5.75 Å². The minimum Gasteiger partial charge on any atom is -0.493 e. The topological polar surface area (TPSA) is 66.0 Å². The number of nitrogens with two attached hydrogens (primary N) is 1. The molecule has 2 aromatic rings. The molecule has 0 aliphatic carbocycles. The van der Waals surface area contributed by atoms with Crippen molar-refractivity contribution in [3.63, 3.8) is 0 Å². The van der Waals surface area contributed by atoms with E-state index in [1.165, 1.54) is 5.56 Å². The van der Waals surface area contributed by atoms with Gasteiger partial charge in [0.2, 0.25) is 5.16 Å². The third kappa shape index (κ3) is 4.56. The molecule has 0 radical (unpaired) electrons. The number of benzene rings is 1. The van der Waals surface area contributed by atoms with E-state index in [-0.39, 0.29) is 10.6 Å². The van der Waals surface area contributed by atoms with Gasteiger partial charge in [0, 0.05) is 5.75 Å². The molecule has 0 atom stereocenters. The number of rotatable bonds is 5. The van der Waals surface area contributed by atoms with Gasteiger partial charge < -0.3 is 10.6 Å². The van der Waals surface area contributed by atoms with E-state index in [1.54, 1.807) is 0 Å². The van der Waals surface area contributed by atoms with E-state index in [2.05, 4.69) is 31.0 Å². The highest BCUT2D eigenvalue weighted by molar-refractivity contribution is 7.99. The van der Waals surface area contributed by atoms with Crippen molar-refractivity contribution < 1.29 is 17.9 Å². The predicted octanol–water partition coefficient (Wildman–Crippen LogP) is 3.48. The van der Waals surface area contributed by atoms with Gasteiger partial charge in [0.05, 0.1) is 6.61 Å². The van der Waals surface area contributed by atoms with Crippen LogP contribution in [0.3, 0.4) is 0 Å². The monoisotopic (exact) mass is 360 g/mol. The molecular weight excluding hydrogens is 341 g/mol. The largest absolute Gasteiger partial charge is 0.493 e. The van der Waals surface area contributed by atoms with Crippen LogP contribution in [0.4, 0.5) is 13.2 Å². The molecule has 2 N–H and O–H groups in total. The number of nitrogens with zero attached hydrogens (tertiary/aromatic N) is 3. The predicted molar refractivity (Wildman–Crippen MR) is 86.5 cm³/mol. The summed E-state index contributed by atoms with van der Waals surface area (Å²) < 4.78 is 43.7. The fraction of sp³-hybridized carbons (Fsp3) is 0.467. The summed E-state index contributed by atoms with van der Waals surface area (Å²) in [4.78, 5) is 0. The van der Waals surface area contributed by atoms with Crippen LogP contribution in [0.1, 0.15) is 32.2 Å². The Hall–Kier alpha value is -1.90. The average Bonchev–Trinajstić information content (AvgIpc) is 2.84. The van der Waals surface area contributed by atoms with Gasteiger partial charge in [-0.15, -0.1) is 10.2 Å². The van der Waals surface area contributed by atoms with E-state index in [9.17, 15) is 13.2 Å². The number of thioether (sulfide) groups is 1. The van der Waals surface area contributed by atoms with Crippen molar-refractivity contribution in [2.24, 2.45) is 0 Å². The second kappa shape index (κ2) is 6.92. The summed E-state index contributed by atoms with van der Waals surface area (Å²) in [6, 6.07) is 7.74. The molecule has 0 saturated carbocycles. The summed E-state index contributed by atoms with van der Waals surface area (Å²) in [6.45, 7) is 6.68. The Kier molecular flexibility index (Phi) is 5.32. The lowest BCUT2D eigenvalue weighted by molar-refractivity contribution is -0.146. The van der Waals surface area contributed by atoms with E-state index < -0.39 is 12.0 Å². The maximum atomic E-state index is 12.6. The quantitative estimate of drug-likeness (QED) is 0.502. The Morgan fingerprint density at radius 3 is 2.25 bits per heavy atom. The maximum Gasteiger partial charge on any atom is 0.453 e. The molecule has 0 unspecified atom stereocenters. The van der Waals surface area contributed by atoms with Crippen molar-refractivity contribution in [2.45, 2.75) is 37.5 Å². The fourth-order valence-electron chi connectivity index (χ4n) is 1.91. The first kappa shape index (κ1) is 18.4. The zero-order valence-electron chi connectivity index (χ0n) is 13.6. The van der Waals surface area contributed by atoms with Gasteiger partial charge >= 0.3 is 6.18 Å². The van der Waals surface area contributed by atoms with Gasteiger partial charge in [-0.05, 0) is 23.1 Å². The normalized spacial score (nSPS) is 12.4. The highest BCUT2D eigenvalue weighted by atomic mass is 32.2. The molecule has 5 nitrogen and oxygen atoms in total. The smallest absolute Gasteiger partial charge is 0.453 e. The lowest BCUT2D eigenvalue weighted by Crippen LogP contribution is -2.21. The van der Waals surface area contributed by atoms with Crippen LogP contribution in [0, 0.1) is 0 Å². The second-order valence-electron chi connectivity index (χ2n) is 6.15. The van der Waals surface area contributed by atoms with Crippen LogP contribution in [-0.2, 0) is 11.6 Å². The van der Waals surface area contributed by atoms with Crippen molar-refractivity contribution in [1.29, 1.82) is 0 Å². The molecular formula is C15H19F3N4OS. The van der Waals surface area contributed by atoms with E-state index >= 15 is 0 Å². The summed E-state index contributed by atoms with van der Waals surface area (Å²) in [6.07, 6.45) is -4.62. The Balaban J connectivity index is 1.84. The Morgan fingerprint density at radius 2 is 1.75 bits per heavy atom. The number of aromatic nitrogens is 3. The van der Waals surface area contributed by atoms with Crippen LogP contribution >= 0.6 is 11.8 Å². The number of hydrogen-bond donors (Lipinski definition) is 1. The van der Waals surface area contributed by atoms with Gasteiger partial charge in [-0.2, -0.15) is 13.2 Å². The zero-order valence-corrected chi connectivity index (χ0v) is 14.4. The van der Waals surface area contributed by atoms with Gasteiger partial charge in [-0.1, -0.05) is 44.7 Å². The Labute approximate surface area is 142 Å². The molecule has 1 heterocycles. The van der Waals surface area contributed by atoms with E-state index in [4.69, 9.17) is 10.6 Å². The van der Waals surface area contributed by atoms with Gasteiger partial charge in [0.15, 0.2) is 0 Å². The van der Waals surface area contributed by atoms with Gasteiger partial charge in [-0.3, -0.25) is 0 Å². The molecule has 0 aliphatic rings. The summed E-state index contributed by atoms with van der Waals surface area (Å²) in [7, 11) is 0. The minimum absolute atomic E-state index is 0.00555. The fourth-order valence-corrected chi connectivity index (χ4v) is 2.59. The first-order valence-corrected chi connectivity index (χ1v) is 8.21. The van der Waals surface area contributed by atoms with Crippen molar-refractivity contribution in [2.75, 3.05) is 18.2 Å². The maximum absolute atomic E-state index is 12.6. The zero-order chi connectivity index (χ0) is 18.0. The molecule has 9 heteroatoms. The molecule has 0 fully saturated rings. The van der Waals surface area contributed by atoms with Crippen molar-refractivity contribution in [1.82, 2.24) is 14.9 Å². The third-order valence-electron chi connectivity index (χ3n) is 3.22. The van der Waals surface area contributed by atoms with Crippen LogP contribution in [0.2, 0.25) is 0 Å². The van der Waals surface area contributed by atoms with Crippen LogP contribution in [0.25, 0.3) is 0 Å². The number of alkyl halides is 3. The standard InChI is InChI=1S/C15H19F3N4OS/c1-14(2,3)10-4-6-11(7-5-10)23-8-9-24-13-21-20-12(22(13)19)15(16,17)18/h4-7H,8-9,19H2,1-3H3. The first-order valence-electron chi connectivity index (χ1n) is 7.23. The van der Waals surface area contributed by atoms with Gasteiger partial charge in [0.1, 0.15) is 5.75 Å². The van der Waals surface area contributed by atoms with Crippen molar-refractivity contribution in [3.05, 3.63) is 35.7 Å². The molecule has 0 aliphatic heterocycles. The molecule has 0 bridgehead atoms. The molecule has 132 valence electrons. The summed E-state index contributed by atoms with van der Waals surface area (Å²) in [5.41, 5.74) is 1.26. The third-order valence-corrected chi connectivity index (χ3v) is 4.13.